The Kier molecular flexibility index (Phi) is 6.01. The van der Waals surface area contributed by atoms with E-state index >= 15 is 0 Å². The largest absolute Gasteiger partial charge is 0.507 e. The van der Waals surface area contributed by atoms with E-state index in [4.69, 9.17) is 9.84 Å². The van der Waals surface area contributed by atoms with Crippen LogP contribution < -0.4 is 4.74 Å². The number of carbonyl (C=O) groups is 1. The van der Waals surface area contributed by atoms with Crippen LogP contribution in [-0.2, 0) is 6.54 Å². The zero-order valence-electron chi connectivity index (χ0n) is 16.0. The second-order valence-electron chi connectivity index (χ2n) is 7.28. The molecular formula is C22H23BrN2O4. The average molecular weight is 459 g/mol. The highest BCUT2D eigenvalue weighted by Gasteiger charge is 2.32. The number of carbonyl (C=O) groups excluding carboxylic acids is 1. The summed E-state index contributed by atoms with van der Waals surface area (Å²) in [5.41, 5.74) is 1.99. The molecule has 0 amide bonds. The van der Waals surface area contributed by atoms with E-state index in [9.17, 15) is 9.90 Å². The molecular weight excluding hydrogens is 436 g/mol. The Morgan fingerprint density at radius 3 is 2.59 bits per heavy atom. The summed E-state index contributed by atoms with van der Waals surface area (Å²) >= 11 is 3.43. The second-order valence-corrected chi connectivity index (χ2v) is 8.19. The van der Waals surface area contributed by atoms with E-state index in [0.717, 1.165) is 36.2 Å². The third kappa shape index (κ3) is 4.38. The maximum absolute atomic E-state index is 12.8. The van der Waals surface area contributed by atoms with Crippen LogP contribution in [-0.4, -0.2) is 65.1 Å². The number of ether oxygens (including phenoxy) is 1. The number of hydrogen-bond acceptors (Lipinski definition) is 6. The van der Waals surface area contributed by atoms with Crippen LogP contribution in [0.2, 0.25) is 0 Å². The standard InChI is InChI=1S/C22H23BrN2O4/c23-16-3-1-2-15(12-16)13-20-21(28)17-4-5-19(27)18(22(17)29-20)14-25-8-6-24(7-9-25)10-11-26/h1-5,12-13,26-27H,6-11,14H2. The summed E-state index contributed by atoms with van der Waals surface area (Å²) < 4.78 is 6.87. The number of aliphatic hydroxyl groups excluding tert-OH is 1. The van der Waals surface area contributed by atoms with Crippen molar-refractivity contribution in [3.8, 4) is 11.5 Å². The number of phenolic OH excluding ortho intramolecular Hbond substituents is 1. The van der Waals surface area contributed by atoms with Crippen LogP contribution in [0.5, 0.6) is 11.5 Å². The van der Waals surface area contributed by atoms with Crippen molar-refractivity contribution in [2.45, 2.75) is 6.54 Å². The molecule has 4 rings (SSSR count). The molecule has 2 aromatic rings. The Bertz CT molecular complexity index is 952. The van der Waals surface area contributed by atoms with Gasteiger partial charge < -0.3 is 14.9 Å². The highest BCUT2D eigenvalue weighted by molar-refractivity contribution is 9.10. The zero-order chi connectivity index (χ0) is 20.4. The van der Waals surface area contributed by atoms with Gasteiger partial charge in [-0.05, 0) is 35.9 Å². The van der Waals surface area contributed by atoms with Crippen molar-refractivity contribution >= 4 is 27.8 Å². The number of piperazine rings is 1. The van der Waals surface area contributed by atoms with Crippen LogP contribution in [0.4, 0.5) is 0 Å². The first-order valence-corrected chi connectivity index (χ1v) is 10.4. The van der Waals surface area contributed by atoms with E-state index in [1.165, 1.54) is 0 Å². The molecule has 2 N–H and O–H groups in total. The summed E-state index contributed by atoms with van der Waals surface area (Å²) in [6.07, 6.45) is 1.72. The van der Waals surface area contributed by atoms with Gasteiger partial charge in [-0.15, -0.1) is 0 Å². The molecule has 0 atom stereocenters. The minimum atomic E-state index is -0.172. The van der Waals surface area contributed by atoms with Crippen molar-refractivity contribution in [3.05, 3.63) is 63.3 Å². The maximum Gasteiger partial charge on any atom is 0.231 e. The molecule has 2 aromatic carbocycles. The molecule has 0 saturated carbocycles. The number of nitrogens with zero attached hydrogens (tertiary/aromatic N) is 2. The summed E-state index contributed by atoms with van der Waals surface area (Å²) in [7, 11) is 0. The number of β-amino-alcohol motifs (C(OH)–C–C–N with tert-alkyl or cyclic N) is 1. The number of halogens is 1. The van der Waals surface area contributed by atoms with Crippen LogP contribution in [0, 0.1) is 0 Å². The van der Waals surface area contributed by atoms with Gasteiger partial charge in [-0.2, -0.15) is 0 Å². The first kappa shape index (κ1) is 20.1. The number of rotatable bonds is 5. The van der Waals surface area contributed by atoms with Gasteiger partial charge in [0.05, 0.1) is 17.7 Å². The van der Waals surface area contributed by atoms with Crippen molar-refractivity contribution in [2.75, 3.05) is 39.3 Å². The first-order valence-electron chi connectivity index (χ1n) is 9.65. The Labute approximate surface area is 178 Å². The molecule has 7 heteroatoms. The molecule has 29 heavy (non-hydrogen) atoms. The highest BCUT2D eigenvalue weighted by Crippen LogP contribution is 2.40. The quantitative estimate of drug-likeness (QED) is 0.671. The third-order valence-corrected chi connectivity index (χ3v) is 5.82. The van der Waals surface area contributed by atoms with E-state index < -0.39 is 0 Å². The van der Waals surface area contributed by atoms with Gasteiger partial charge in [0.1, 0.15) is 11.5 Å². The molecule has 1 saturated heterocycles. The van der Waals surface area contributed by atoms with Crippen LogP contribution in [0.3, 0.4) is 0 Å². The molecule has 0 radical (unpaired) electrons. The highest BCUT2D eigenvalue weighted by atomic mass is 79.9. The number of ketones is 1. The number of allylic oxidation sites excluding steroid dienone is 1. The molecule has 0 unspecified atom stereocenters. The van der Waals surface area contributed by atoms with E-state index in [0.29, 0.717) is 30.0 Å². The fourth-order valence-corrected chi connectivity index (χ4v) is 4.15. The van der Waals surface area contributed by atoms with Gasteiger partial charge in [-0.25, -0.2) is 0 Å². The number of benzene rings is 2. The van der Waals surface area contributed by atoms with Crippen LogP contribution in [0.1, 0.15) is 21.5 Å². The summed E-state index contributed by atoms with van der Waals surface area (Å²) in [5, 5.41) is 19.5. The fraction of sp³-hybridized carbons (Fsp3) is 0.318. The molecule has 2 aliphatic rings. The van der Waals surface area contributed by atoms with Crippen molar-refractivity contribution in [1.29, 1.82) is 0 Å². The molecule has 0 spiro atoms. The fourth-order valence-electron chi connectivity index (χ4n) is 3.73. The van der Waals surface area contributed by atoms with Gasteiger partial charge in [0.25, 0.3) is 0 Å². The normalized spacial score (nSPS) is 18.8. The predicted molar refractivity (Wildman–Crippen MR) is 114 cm³/mol. The monoisotopic (exact) mass is 458 g/mol. The molecule has 0 bridgehead atoms. The van der Waals surface area contributed by atoms with Gasteiger partial charge >= 0.3 is 0 Å². The summed E-state index contributed by atoms with van der Waals surface area (Å²) in [4.78, 5) is 17.3. The van der Waals surface area contributed by atoms with Crippen molar-refractivity contribution in [1.82, 2.24) is 9.80 Å². The molecule has 0 aliphatic carbocycles. The van der Waals surface area contributed by atoms with E-state index in [1.54, 1.807) is 18.2 Å². The van der Waals surface area contributed by atoms with Gasteiger partial charge in [-0.1, -0.05) is 28.1 Å². The lowest BCUT2D eigenvalue weighted by atomic mass is 10.0. The molecule has 152 valence electrons. The van der Waals surface area contributed by atoms with Crippen molar-refractivity contribution < 1.29 is 19.7 Å². The van der Waals surface area contributed by atoms with Gasteiger partial charge in [-0.3, -0.25) is 14.6 Å². The van der Waals surface area contributed by atoms with Crippen molar-refractivity contribution in [3.63, 3.8) is 0 Å². The summed E-state index contributed by atoms with van der Waals surface area (Å²) in [6.45, 7) is 4.75. The molecule has 0 aromatic heterocycles. The Hall–Kier alpha value is -2.19. The molecule has 2 heterocycles. The average Bonchev–Trinajstić information content (AvgIpc) is 3.01. The van der Waals surface area contributed by atoms with Crippen LogP contribution in [0.15, 0.2) is 46.6 Å². The van der Waals surface area contributed by atoms with Gasteiger partial charge in [0.2, 0.25) is 5.78 Å². The Morgan fingerprint density at radius 2 is 1.86 bits per heavy atom. The third-order valence-electron chi connectivity index (χ3n) is 5.33. The second kappa shape index (κ2) is 8.67. The minimum Gasteiger partial charge on any atom is -0.507 e. The Morgan fingerprint density at radius 1 is 1.10 bits per heavy atom. The number of aliphatic hydroxyl groups is 1. The van der Waals surface area contributed by atoms with E-state index in [2.05, 4.69) is 25.7 Å². The van der Waals surface area contributed by atoms with Crippen molar-refractivity contribution in [2.24, 2.45) is 0 Å². The maximum atomic E-state index is 12.8. The number of phenols is 1. The van der Waals surface area contributed by atoms with E-state index in [1.807, 2.05) is 24.3 Å². The number of Topliss-reactive ketones (excluding diaryl/α,β-unsaturated/α-hetero) is 1. The smallest absolute Gasteiger partial charge is 0.231 e. The van der Waals surface area contributed by atoms with Crippen LogP contribution >= 0.6 is 15.9 Å². The number of aromatic hydroxyl groups is 1. The SMILES string of the molecule is O=C1C(=Cc2cccc(Br)c2)Oc2c1ccc(O)c2CN1CCN(CCO)CC1. The summed E-state index contributed by atoms with van der Waals surface area (Å²) in [5.74, 6) is 0.679. The Balaban J connectivity index is 1.55. The topological polar surface area (TPSA) is 73.2 Å². The lowest BCUT2D eigenvalue weighted by Gasteiger charge is -2.34. The number of hydrogen-bond donors (Lipinski definition) is 2. The number of fused-ring (bicyclic) bond motifs is 1. The summed E-state index contributed by atoms with van der Waals surface area (Å²) in [6, 6.07) is 10.8. The van der Waals surface area contributed by atoms with E-state index in [-0.39, 0.29) is 23.9 Å². The molecule has 6 nitrogen and oxygen atoms in total. The van der Waals surface area contributed by atoms with Crippen LogP contribution in [0.25, 0.3) is 6.08 Å². The first-order chi connectivity index (χ1) is 14.0. The predicted octanol–water partition coefficient (Wildman–Crippen LogP) is 2.88. The lowest BCUT2D eigenvalue weighted by molar-refractivity contribution is 0.101. The lowest BCUT2D eigenvalue weighted by Crippen LogP contribution is -2.46. The van der Waals surface area contributed by atoms with Gasteiger partial charge in [0, 0.05) is 43.7 Å². The molecule has 1 fully saturated rings. The minimum absolute atomic E-state index is 0.137. The molecule has 2 aliphatic heterocycles. The van der Waals surface area contributed by atoms with Gasteiger partial charge in [0.15, 0.2) is 5.76 Å². The zero-order valence-corrected chi connectivity index (χ0v) is 17.6.